The minimum absolute atomic E-state index is 0.0428. The van der Waals surface area contributed by atoms with Crippen LogP contribution in [0.4, 0.5) is 4.79 Å². The molecule has 24 heavy (non-hydrogen) atoms. The fourth-order valence-electron chi connectivity index (χ4n) is 3.60. The van der Waals surface area contributed by atoms with Gasteiger partial charge in [0.1, 0.15) is 0 Å². The Kier molecular flexibility index (Phi) is 5.38. The molecule has 2 amide bonds. The summed E-state index contributed by atoms with van der Waals surface area (Å²) in [5.74, 6) is -0.357. The Labute approximate surface area is 143 Å². The van der Waals surface area contributed by atoms with Crippen LogP contribution in [0.25, 0.3) is 0 Å². The highest BCUT2D eigenvalue weighted by atomic mass is 16.4. The van der Waals surface area contributed by atoms with Gasteiger partial charge in [-0.25, -0.2) is 4.79 Å². The van der Waals surface area contributed by atoms with Gasteiger partial charge in [-0.05, 0) is 30.7 Å². The summed E-state index contributed by atoms with van der Waals surface area (Å²) in [6.07, 6.45) is 5.87. The Bertz CT molecular complexity index is 563. The molecule has 5 heteroatoms. The van der Waals surface area contributed by atoms with E-state index in [9.17, 15) is 9.59 Å². The van der Waals surface area contributed by atoms with E-state index in [1.54, 1.807) is 4.90 Å². The number of carboxylic acids is 1. The molecule has 2 fully saturated rings. The Morgan fingerprint density at radius 3 is 2.33 bits per heavy atom. The Morgan fingerprint density at radius 1 is 1.12 bits per heavy atom. The van der Waals surface area contributed by atoms with Crippen LogP contribution in [0.2, 0.25) is 0 Å². The largest absolute Gasteiger partial charge is 0.481 e. The number of hydrogen-bond acceptors (Lipinski definition) is 2. The van der Waals surface area contributed by atoms with Gasteiger partial charge in [0, 0.05) is 13.1 Å². The van der Waals surface area contributed by atoms with E-state index >= 15 is 0 Å². The SMILES string of the molecule is O=C(O)C1CCN(C(=O)NC(CC2CCC2)c2ccccc2)CC1. The number of hydrogen-bond donors (Lipinski definition) is 2. The molecule has 1 aliphatic heterocycles. The smallest absolute Gasteiger partial charge is 0.317 e. The first-order valence-corrected chi connectivity index (χ1v) is 8.96. The van der Waals surface area contributed by atoms with Gasteiger partial charge >= 0.3 is 12.0 Å². The zero-order valence-electron chi connectivity index (χ0n) is 14.0. The molecule has 3 rings (SSSR count). The zero-order valence-corrected chi connectivity index (χ0v) is 14.0. The maximum absolute atomic E-state index is 12.6. The number of nitrogens with one attached hydrogen (secondary N) is 1. The summed E-state index contributed by atoms with van der Waals surface area (Å²) in [4.78, 5) is 25.4. The lowest BCUT2D eigenvalue weighted by molar-refractivity contribution is -0.143. The van der Waals surface area contributed by atoms with Crippen LogP contribution in [0.3, 0.4) is 0 Å². The monoisotopic (exact) mass is 330 g/mol. The summed E-state index contributed by atoms with van der Waals surface area (Å²) in [5.41, 5.74) is 1.15. The molecule has 1 saturated heterocycles. The van der Waals surface area contributed by atoms with Crippen LogP contribution in [-0.2, 0) is 4.79 Å². The van der Waals surface area contributed by atoms with Gasteiger partial charge in [0.15, 0.2) is 0 Å². The Hall–Kier alpha value is -2.04. The van der Waals surface area contributed by atoms with Crippen LogP contribution in [0, 0.1) is 11.8 Å². The number of rotatable bonds is 5. The minimum atomic E-state index is -0.748. The summed E-state index contributed by atoms with van der Waals surface area (Å²) in [6, 6.07) is 10.1. The predicted molar refractivity (Wildman–Crippen MR) is 91.6 cm³/mol. The number of likely N-dealkylation sites (tertiary alicyclic amines) is 1. The average molecular weight is 330 g/mol. The van der Waals surface area contributed by atoms with Crippen LogP contribution in [-0.4, -0.2) is 35.1 Å². The average Bonchev–Trinajstić information content (AvgIpc) is 2.57. The third-order valence-corrected chi connectivity index (χ3v) is 5.42. The van der Waals surface area contributed by atoms with E-state index in [0.29, 0.717) is 31.8 Å². The summed E-state index contributed by atoms with van der Waals surface area (Å²) < 4.78 is 0. The molecule has 2 aliphatic rings. The topological polar surface area (TPSA) is 69.6 Å². The highest BCUT2D eigenvalue weighted by Crippen LogP contribution is 2.34. The van der Waals surface area contributed by atoms with Crippen LogP contribution >= 0.6 is 0 Å². The molecule has 0 radical (unpaired) electrons. The molecular weight excluding hydrogens is 304 g/mol. The molecule has 2 N–H and O–H groups in total. The van der Waals surface area contributed by atoms with E-state index in [1.807, 2.05) is 18.2 Å². The fourth-order valence-corrected chi connectivity index (χ4v) is 3.60. The third kappa shape index (κ3) is 4.08. The van der Waals surface area contributed by atoms with Crippen molar-refractivity contribution >= 4 is 12.0 Å². The Morgan fingerprint density at radius 2 is 1.79 bits per heavy atom. The lowest BCUT2D eigenvalue weighted by atomic mass is 9.79. The maximum atomic E-state index is 12.6. The fraction of sp³-hybridized carbons (Fsp3) is 0.579. The molecule has 1 aliphatic carbocycles. The van der Waals surface area contributed by atoms with Gasteiger partial charge in [-0.2, -0.15) is 0 Å². The van der Waals surface area contributed by atoms with Crippen molar-refractivity contribution in [3.8, 4) is 0 Å². The van der Waals surface area contributed by atoms with Crippen molar-refractivity contribution in [1.82, 2.24) is 10.2 Å². The number of carbonyl (C=O) groups is 2. The predicted octanol–water partition coefficient (Wildman–Crippen LogP) is 3.42. The number of amides is 2. The Balaban J connectivity index is 1.59. The van der Waals surface area contributed by atoms with Gasteiger partial charge < -0.3 is 15.3 Å². The quantitative estimate of drug-likeness (QED) is 0.869. The molecule has 1 aromatic carbocycles. The number of urea groups is 1. The number of aliphatic carboxylic acids is 1. The first-order valence-electron chi connectivity index (χ1n) is 8.96. The summed E-state index contributed by atoms with van der Waals surface area (Å²) in [6.45, 7) is 1.04. The lowest BCUT2D eigenvalue weighted by Crippen LogP contribution is -2.46. The van der Waals surface area contributed by atoms with Crippen LogP contribution in [0.15, 0.2) is 30.3 Å². The van der Waals surface area contributed by atoms with Crippen molar-refractivity contribution in [1.29, 1.82) is 0 Å². The molecule has 130 valence electrons. The number of benzene rings is 1. The second kappa shape index (κ2) is 7.69. The van der Waals surface area contributed by atoms with Crippen molar-refractivity contribution < 1.29 is 14.7 Å². The normalized spacial score (nSPS) is 20.2. The van der Waals surface area contributed by atoms with E-state index in [2.05, 4.69) is 17.4 Å². The number of nitrogens with zero attached hydrogens (tertiary/aromatic N) is 1. The van der Waals surface area contributed by atoms with E-state index in [-0.39, 0.29) is 18.0 Å². The first-order chi connectivity index (χ1) is 11.6. The zero-order chi connectivity index (χ0) is 16.9. The van der Waals surface area contributed by atoms with Crippen molar-refractivity contribution in [2.24, 2.45) is 11.8 Å². The molecule has 1 aromatic rings. The van der Waals surface area contributed by atoms with Crippen molar-refractivity contribution in [3.05, 3.63) is 35.9 Å². The maximum Gasteiger partial charge on any atom is 0.317 e. The third-order valence-electron chi connectivity index (χ3n) is 5.42. The van der Waals surface area contributed by atoms with Gasteiger partial charge in [-0.3, -0.25) is 4.79 Å². The van der Waals surface area contributed by atoms with Crippen LogP contribution in [0.5, 0.6) is 0 Å². The first kappa shape index (κ1) is 16.8. The second-order valence-corrected chi connectivity index (χ2v) is 7.04. The number of piperidine rings is 1. The highest BCUT2D eigenvalue weighted by Gasteiger charge is 2.29. The molecule has 1 unspecified atom stereocenters. The summed E-state index contributed by atoms with van der Waals surface area (Å²) in [5, 5.41) is 12.3. The second-order valence-electron chi connectivity index (χ2n) is 7.04. The van der Waals surface area contributed by atoms with Crippen molar-refractivity contribution in [3.63, 3.8) is 0 Å². The summed E-state index contributed by atoms with van der Waals surface area (Å²) in [7, 11) is 0. The molecular formula is C19H26N2O3. The van der Waals surface area contributed by atoms with Gasteiger partial charge in [-0.1, -0.05) is 49.6 Å². The number of carboxylic acid groups (broad SMARTS) is 1. The lowest BCUT2D eigenvalue weighted by Gasteiger charge is -2.34. The number of carbonyl (C=O) groups excluding carboxylic acids is 1. The van der Waals surface area contributed by atoms with E-state index in [0.717, 1.165) is 12.0 Å². The van der Waals surface area contributed by atoms with E-state index in [4.69, 9.17) is 5.11 Å². The molecule has 1 saturated carbocycles. The highest BCUT2D eigenvalue weighted by molar-refractivity contribution is 5.75. The van der Waals surface area contributed by atoms with Gasteiger partial charge in [0.2, 0.25) is 0 Å². The van der Waals surface area contributed by atoms with Gasteiger partial charge in [0.25, 0.3) is 0 Å². The molecule has 0 bridgehead atoms. The molecule has 0 aromatic heterocycles. The molecule has 1 heterocycles. The standard InChI is InChI=1S/C19H26N2O3/c22-18(23)16-9-11-21(12-10-16)19(24)20-17(13-14-5-4-6-14)15-7-2-1-3-8-15/h1-3,7-8,14,16-17H,4-6,9-13H2,(H,20,24)(H,22,23). The summed E-state index contributed by atoms with van der Waals surface area (Å²) >= 11 is 0. The molecule has 1 atom stereocenters. The van der Waals surface area contributed by atoms with Crippen LogP contribution in [0.1, 0.15) is 50.1 Å². The van der Waals surface area contributed by atoms with Crippen molar-refractivity contribution in [2.45, 2.75) is 44.6 Å². The molecule has 0 spiro atoms. The van der Waals surface area contributed by atoms with Gasteiger partial charge in [-0.15, -0.1) is 0 Å². The molecule has 5 nitrogen and oxygen atoms in total. The van der Waals surface area contributed by atoms with Gasteiger partial charge in [0.05, 0.1) is 12.0 Å². The van der Waals surface area contributed by atoms with Crippen LogP contribution < -0.4 is 5.32 Å². The van der Waals surface area contributed by atoms with Crippen molar-refractivity contribution in [2.75, 3.05) is 13.1 Å². The van der Waals surface area contributed by atoms with E-state index < -0.39 is 5.97 Å². The van der Waals surface area contributed by atoms with E-state index in [1.165, 1.54) is 19.3 Å². The minimum Gasteiger partial charge on any atom is -0.481 e.